The van der Waals surface area contributed by atoms with Crippen molar-refractivity contribution in [3.05, 3.63) is 29.3 Å². The molecule has 0 amide bonds. The van der Waals surface area contributed by atoms with E-state index in [1.54, 1.807) is 16.8 Å². The van der Waals surface area contributed by atoms with Crippen molar-refractivity contribution in [1.82, 2.24) is 5.32 Å². The summed E-state index contributed by atoms with van der Waals surface area (Å²) >= 11 is 0. The van der Waals surface area contributed by atoms with Gasteiger partial charge in [-0.2, -0.15) is 0 Å². The second-order valence-corrected chi connectivity index (χ2v) is 4.87. The Labute approximate surface area is 105 Å². The Morgan fingerprint density at radius 3 is 3.00 bits per heavy atom. The molecule has 1 aromatic rings. The van der Waals surface area contributed by atoms with Gasteiger partial charge in [0.2, 0.25) is 0 Å². The number of nitrogens with zero attached hydrogens (tertiary/aromatic N) is 1. The molecule has 1 aliphatic heterocycles. The van der Waals surface area contributed by atoms with Crippen LogP contribution in [0.15, 0.2) is 18.2 Å². The summed E-state index contributed by atoms with van der Waals surface area (Å²) in [7, 11) is 2.03. The highest BCUT2D eigenvalue weighted by Crippen LogP contribution is 2.32. The Morgan fingerprint density at radius 2 is 2.24 bits per heavy atom. The third kappa shape index (κ3) is 2.81. The minimum Gasteiger partial charge on any atom is -0.371 e. The van der Waals surface area contributed by atoms with Crippen molar-refractivity contribution in [2.45, 2.75) is 32.6 Å². The lowest BCUT2D eigenvalue weighted by atomic mass is 10.0. The molecule has 2 nitrogen and oxygen atoms in total. The van der Waals surface area contributed by atoms with Crippen molar-refractivity contribution in [3.63, 3.8) is 0 Å². The van der Waals surface area contributed by atoms with Gasteiger partial charge < -0.3 is 10.2 Å². The number of nitrogens with one attached hydrogen (secondary N) is 1. The Morgan fingerprint density at radius 1 is 1.35 bits per heavy atom. The maximum atomic E-state index is 3.23. The van der Waals surface area contributed by atoms with Crippen LogP contribution in [0.25, 0.3) is 0 Å². The molecule has 0 aliphatic carbocycles. The predicted molar refractivity (Wildman–Crippen MR) is 74.9 cm³/mol. The summed E-state index contributed by atoms with van der Waals surface area (Å²) in [6.45, 7) is 5.79. The molecule has 0 fully saturated rings. The van der Waals surface area contributed by atoms with Crippen LogP contribution in [0.5, 0.6) is 0 Å². The zero-order chi connectivity index (χ0) is 12.1. The smallest absolute Gasteiger partial charge is 0.0432 e. The lowest BCUT2D eigenvalue weighted by molar-refractivity contribution is 0.721. The van der Waals surface area contributed by atoms with Crippen molar-refractivity contribution < 1.29 is 0 Å². The number of hydrogen-bond acceptors (Lipinski definition) is 2. The van der Waals surface area contributed by atoms with Gasteiger partial charge >= 0.3 is 0 Å². The summed E-state index contributed by atoms with van der Waals surface area (Å²) in [6.07, 6.45) is 4.90. The molecule has 17 heavy (non-hydrogen) atoms. The van der Waals surface area contributed by atoms with Gasteiger partial charge in [-0.3, -0.25) is 0 Å². The average Bonchev–Trinajstić information content (AvgIpc) is 2.75. The number of hydrogen-bond donors (Lipinski definition) is 1. The van der Waals surface area contributed by atoms with Gasteiger partial charge in [0.1, 0.15) is 0 Å². The van der Waals surface area contributed by atoms with Crippen LogP contribution < -0.4 is 10.2 Å². The standard InChI is InChI=1S/C15H24N2/c1-3-11-17-12-9-14-7-4-6-13(15(14)17)8-5-10-16-2/h4,6-7,16H,3,5,8-12H2,1-2H3. The number of anilines is 1. The van der Waals surface area contributed by atoms with Gasteiger partial charge in [0, 0.05) is 18.8 Å². The molecule has 0 saturated heterocycles. The Bertz CT molecular complexity index is 358. The molecule has 0 atom stereocenters. The largest absolute Gasteiger partial charge is 0.371 e. The van der Waals surface area contributed by atoms with Crippen molar-refractivity contribution in [1.29, 1.82) is 0 Å². The molecule has 0 radical (unpaired) electrons. The van der Waals surface area contributed by atoms with Gasteiger partial charge in [0.25, 0.3) is 0 Å². The normalized spacial score (nSPS) is 14.1. The van der Waals surface area contributed by atoms with Crippen molar-refractivity contribution in [2.24, 2.45) is 0 Å². The van der Waals surface area contributed by atoms with Crippen molar-refractivity contribution in [3.8, 4) is 0 Å². The topological polar surface area (TPSA) is 15.3 Å². The van der Waals surface area contributed by atoms with E-state index in [-0.39, 0.29) is 0 Å². The van der Waals surface area contributed by atoms with E-state index in [2.05, 4.69) is 35.3 Å². The summed E-state index contributed by atoms with van der Waals surface area (Å²) in [5.41, 5.74) is 4.65. The number of aryl methyl sites for hydroxylation is 1. The van der Waals surface area contributed by atoms with Crippen LogP contribution >= 0.6 is 0 Å². The third-order valence-corrected chi connectivity index (χ3v) is 3.54. The highest BCUT2D eigenvalue weighted by Gasteiger charge is 2.20. The highest BCUT2D eigenvalue weighted by atomic mass is 15.1. The quantitative estimate of drug-likeness (QED) is 0.759. The summed E-state index contributed by atoms with van der Waals surface area (Å²) < 4.78 is 0. The third-order valence-electron chi connectivity index (χ3n) is 3.54. The minimum absolute atomic E-state index is 1.11. The first-order chi connectivity index (χ1) is 8.36. The fourth-order valence-corrected chi connectivity index (χ4v) is 2.77. The van der Waals surface area contributed by atoms with Crippen LogP contribution in [0.2, 0.25) is 0 Å². The van der Waals surface area contributed by atoms with Crippen LogP contribution in [-0.4, -0.2) is 26.7 Å². The SMILES string of the molecule is CCCN1CCc2cccc(CCCNC)c21. The predicted octanol–water partition coefficient (Wildman–Crippen LogP) is 2.61. The molecule has 0 spiro atoms. The van der Waals surface area contributed by atoms with E-state index in [0.29, 0.717) is 0 Å². The van der Waals surface area contributed by atoms with Crippen molar-refractivity contribution >= 4 is 5.69 Å². The Balaban J connectivity index is 2.13. The molecule has 1 aromatic carbocycles. The van der Waals surface area contributed by atoms with Crippen LogP contribution in [-0.2, 0) is 12.8 Å². The number of fused-ring (bicyclic) bond motifs is 1. The van der Waals surface area contributed by atoms with Gasteiger partial charge in [0.05, 0.1) is 0 Å². The molecule has 0 aromatic heterocycles. The lowest BCUT2D eigenvalue weighted by Gasteiger charge is -2.21. The average molecular weight is 232 g/mol. The van der Waals surface area contributed by atoms with Gasteiger partial charge in [0.15, 0.2) is 0 Å². The molecule has 94 valence electrons. The Hall–Kier alpha value is -1.02. The second-order valence-electron chi connectivity index (χ2n) is 4.87. The van der Waals surface area contributed by atoms with Gasteiger partial charge in [-0.1, -0.05) is 25.1 Å². The summed E-state index contributed by atoms with van der Waals surface area (Å²) in [5.74, 6) is 0. The molecular weight excluding hydrogens is 208 g/mol. The molecule has 2 rings (SSSR count). The van der Waals surface area contributed by atoms with E-state index >= 15 is 0 Å². The Kier molecular flexibility index (Phi) is 4.43. The van der Waals surface area contributed by atoms with Gasteiger partial charge in [-0.05, 0) is 50.4 Å². The molecule has 1 aliphatic rings. The summed E-state index contributed by atoms with van der Waals surface area (Å²) in [5, 5.41) is 3.23. The lowest BCUT2D eigenvalue weighted by Crippen LogP contribution is -2.22. The fraction of sp³-hybridized carbons (Fsp3) is 0.600. The first-order valence-corrected chi connectivity index (χ1v) is 6.87. The van der Waals surface area contributed by atoms with Crippen LogP contribution in [0.3, 0.4) is 0 Å². The monoisotopic (exact) mass is 232 g/mol. The molecule has 1 heterocycles. The van der Waals surface area contributed by atoms with Crippen LogP contribution in [0, 0.1) is 0 Å². The number of benzene rings is 1. The van der Waals surface area contributed by atoms with E-state index in [1.807, 2.05) is 7.05 Å². The molecule has 1 N–H and O–H groups in total. The maximum absolute atomic E-state index is 3.23. The zero-order valence-electron chi connectivity index (χ0n) is 11.1. The zero-order valence-corrected chi connectivity index (χ0v) is 11.1. The first kappa shape index (κ1) is 12.4. The maximum Gasteiger partial charge on any atom is 0.0432 e. The second kappa shape index (κ2) is 6.06. The van der Waals surface area contributed by atoms with Crippen LogP contribution in [0.4, 0.5) is 5.69 Å². The van der Waals surface area contributed by atoms with Crippen molar-refractivity contribution in [2.75, 3.05) is 31.6 Å². The van der Waals surface area contributed by atoms with Crippen LogP contribution in [0.1, 0.15) is 30.9 Å². The molecule has 0 bridgehead atoms. The highest BCUT2D eigenvalue weighted by molar-refractivity contribution is 5.63. The minimum atomic E-state index is 1.11. The molecule has 2 heteroatoms. The van der Waals surface area contributed by atoms with E-state index in [1.165, 1.54) is 38.8 Å². The first-order valence-electron chi connectivity index (χ1n) is 6.87. The van der Waals surface area contributed by atoms with E-state index < -0.39 is 0 Å². The molecule has 0 unspecified atom stereocenters. The molecular formula is C15H24N2. The molecule has 0 saturated carbocycles. The van der Waals surface area contributed by atoms with Gasteiger partial charge in [-0.25, -0.2) is 0 Å². The number of rotatable bonds is 6. The number of para-hydroxylation sites is 1. The van der Waals surface area contributed by atoms with Gasteiger partial charge in [-0.15, -0.1) is 0 Å². The summed E-state index contributed by atoms with van der Waals surface area (Å²) in [6, 6.07) is 6.83. The van der Waals surface area contributed by atoms with E-state index in [0.717, 1.165) is 6.54 Å². The summed E-state index contributed by atoms with van der Waals surface area (Å²) in [4.78, 5) is 2.57. The van der Waals surface area contributed by atoms with E-state index in [9.17, 15) is 0 Å². The van der Waals surface area contributed by atoms with E-state index in [4.69, 9.17) is 0 Å². The fourth-order valence-electron chi connectivity index (χ4n) is 2.77.